The smallest absolute Gasteiger partial charge is 0.388 e. The highest BCUT2D eigenvalue weighted by Crippen LogP contribution is 2.30. The maximum Gasteiger partial charge on any atom is 0.388 e. The van der Waals surface area contributed by atoms with Gasteiger partial charge in [0, 0.05) is 48.3 Å². The van der Waals surface area contributed by atoms with E-state index in [1.807, 2.05) is 6.07 Å². The monoisotopic (exact) mass is 438 g/mol. The number of hydrogen-bond donors (Lipinski definition) is 3. The normalized spacial score (nSPS) is 18.8. The van der Waals surface area contributed by atoms with Crippen LogP contribution in [0.25, 0.3) is 0 Å². The van der Waals surface area contributed by atoms with Crippen molar-refractivity contribution in [1.82, 2.24) is 20.9 Å². The molecule has 30 heavy (non-hydrogen) atoms. The third kappa shape index (κ3) is 5.64. The van der Waals surface area contributed by atoms with Crippen LogP contribution in [0, 0.1) is 0 Å². The van der Waals surface area contributed by atoms with Crippen molar-refractivity contribution in [2.45, 2.75) is 45.1 Å². The van der Waals surface area contributed by atoms with E-state index in [0.29, 0.717) is 29.1 Å². The van der Waals surface area contributed by atoms with Gasteiger partial charge in [0.15, 0.2) is 0 Å². The number of rotatable bonds is 7. The van der Waals surface area contributed by atoms with Crippen LogP contribution in [0.3, 0.4) is 0 Å². The molecule has 160 valence electrons. The molecule has 0 spiro atoms. The summed E-state index contributed by atoms with van der Waals surface area (Å²) < 4.78 is 28.8. The standard InChI is InChI=1S/C20H21ClF2N4O3/c1-2-16(28)24-9-11-3-5-14(21)13(7-11)19-26-15(8-17(29)27-19)12-4-6-18(25-10-12)30-20(22)23/h3-7,10,15,19-20,26H,2,8-9H2,1H3,(H,24,28)(H,27,29). The predicted molar refractivity (Wildman–Crippen MR) is 106 cm³/mol. The van der Waals surface area contributed by atoms with Gasteiger partial charge in [0.2, 0.25) is 17.7 Å². The number of amides is 2. The Morgan fingerprint density at radius 3 is 2.83 bits per heavy atom. The molecule has 0 radical (unpaired) electrons. The molecule has 2 amide bonds. The van der Waals surface area contributed by atoms with Crippen molar-refractivity contribution in [3.8, 4) is 5.88 Å². The van der Waals surface area contributed by atoms with E-state index in [1.165, 1.54) is 12.3 Å². The van der Waals surface area contributed by atoms with E-state index in [0.717, 1.165) is 5.56 Å². The molecule has 1 aliphatic heterocycles. The molecule has 2 aromatic rings. The molecule has 7 nitrogen and oxygen atoms in total. The van der Waals surface area contributed by atoms with Gasteiger partial charge in [-0.05, 0) is 23.3 Å². The highest BCUT2D eigenvalue weighted by Gasteiger charge is 2.29. The molecule has 2 heterocycles. The number of halogens is 3. The topological polar surface area (TPSA) is 92.4 Å². The van der Waals surface area contributed by atoms with Crippen LogP contribution in [0.15, 0.2) is 36.5 Å². The number of alkyl halides is 2. The van der Waals surface area contributed by atoms with Gasteiger partial charge in [-0.2, -0.15) is 8.78 Å². The van der Waals surface area contributed by atoms with Crippen LogP contribution in [0.5, 0.6) is 5.88 Å². The van der Waals surface area contributed by atoms with E-state index in [1.54, 1.807) is 25.1 Å². The fraction of sp³-hybridized carbons (Fsp3) is 0.350. The van der Waals surface area contributed by atoms with Crippen molar-refractivity contribution in [2.75, 3.05) is 0 Å². The zero-order valence-electron chi connectivity index (χ0n) is 16.1. The predicted octanol–water partition coefficient (Wildman–Crippen LogP) is 3.21. The first-order chi connectivity index (χ1) is 14.4. The van der Waals surface area contributed by atoms with Crippen LogP contribution < -0.4 is 20.7 Å². The Hall–Kier alpha value is -2.78. The Labute approximate surface area is 177 Å². The fourth-order valence-corrected chi connectivity index (χ4v) is 3.32. The van der Waals surface area contributed by atoms with Crippen molar-refractivity contribution in [1.29, 1.82) is 0 Å². The van der Waals surface area contributed by atoms with Crippen LogP contribution in [0.2, 0.25) is 5.02 Å². The molecule has 10 heteroatoms. The number of nitrogens with zero attached hydrogens (tertiary/aromatic N) is 1. The quantitative estimate of drug-likeness (QED) is 0.617. The van der Waals surface area contributed by atoms with Gasteiger partial charge >= 0.3 is 6.61 Å². The number of hydrogen-bond acceptors (Lipinski definition) is 5. The average Bonchev–Trinajstić information content (AvgIpc) is 2.72. The third-order valence-corrected chi connectivity index (χ3v) is 4.96. The molecular weight excluding hydrogens is 418 g/mol. The maximum absolute atomic E-state index is 12.3. The van der Waals surface area contributed by atoms with Crippen LogP contribution in [0.1, 0.15) is 48.7 Å². The number of carbonyl (C=O) groups excluding carboxylic acids is 2. The van der Waals surface area contributed by atoms with Gasteiger partial charge in [0.1, 0.15) is 6.17 Å². The van der Waals surface area contributed by atoms with Gasteiger partial charge in [-0.1, -0.05) is 30.7 Å². The summed E-state index contributed by atoms with van der Waals surface area (Å²) in [7, 11) is 0. The zero-order chi connectivity index (χ0) is 21.7. The summed E-state index contributed by atoms with van der Waals surface area (Å²) in [6.45, 7) is -0.843. The van der Waals surface area contributed by atoms with Crippen LogP contribution in [-0.2, 0) is 16.1 Å². The Morgan fingerprint density at radius 1 is 1.37 bits per heavy atom. The first-order valence-corrected chi connectivity index (χ1v) is 9.74. The van der Waals surface area contributed by atoms with E-state index in [-0.39, 0.29) is 24.1 Å². The Morgan fingerprint density at radius 2 is 2.17 bits per heavy atom. The fourth-order valence-electron chi connectivity index (χ4n) is 3.10. The molecule has 0 saturated carbocycles. The zero-order valence-corrected chi connectivity index (χ0v) is 16.9. The van der Waals surface area contributed by atoms with E-state index >= 15 is 0 Å². The van der Waals surface area contributed by atoms with Gasteiger partial charge in [0.05, 0.1) is 0 Å². The third-order valence-electron chi connectivity index (χ3n) is 4.62. The number of carbonyl (C=O) groups is 2. The van der Waals surface area contributed by atoms with Crippen molar-refractivity contribution in [3.63, 3.8) is 0 Å². The second-order valence-electron chi connectivity index (χ2n) is 6.72. The van der Waals surface area contributed by atoms with Crippen LogP contribution in [-0.4, -0.2) is 23.4 Å². The number of pyridine rings is 1. The Kier molecular flexibility index (Phi) is 7.17. The lowest BCUT2D eigenvalue weighted by atomic mass is 9.99. The first-order valence-electron chi connectivity index (χ1n) is 9.37. The van der Waals surface area contributed by atoms with E-state index in [9.17, 15) is 18.4 Å². The average molecular weight is 439 g/mol. The Balaban J connectivity index is 1.76. The summed E-state index contributed by atoms with van der Waals surface area (Å²) in [6.07, 6.45) is 1.36. The van der Waals surface area contributed by atoms with Gasteiger partial charge in [0.25, 0.3) is 0 Å². The summed E-state index contributed by atoms with van der Waals surface area (Å²) >= 11 is 6.35. The molecule has 0 aliphatic carbocycles. The molecule has 1 aliphatic rings. The van der Waals surface area contributed by atoms with E-state index in [4.69, 9.17) is 11.6 Å². The Bertz CT molecular complexity index is 911. The summed E-state index contributed by atoms with van der Waals surface area (Å²) in [6, 6.07) is 7.84. The van der Waals surface area contributed by atoms with Crippen LogP contribution >= 0.6 is 11.6 Å². The number of nitrogens with one attached hydrogen (secondary N) is 3. The van der Waals surface area contributed by atoms with E-state index in [2.05, 4.69) is 25.7 Å². The molecule has 2 unspecified atom stereocenters. The van der Waals surface area contributed by atoms with Gasteiger partial charge in [-0.15, -0.1) is 0 Å². The number of aromatic nitrogens is 1. The second kappa shape index (κ2) is 9.82. The molecule has 3 rings (SSSR count). The summed E-state index contributed by atoms with van der Waals surface area (Å²) in [5.41, 5.74) is 2.15. The molecule has 1 fully saturated rings. The van der Waals surface area contributed by atoms with Crippen molar-refractivity contribution in [2.24, 2.45) is 0 Å². The minimum Gasteiger partial charge on any atom is -0.417 e. The lowest BCUT2D eigenvalue weighted by molar-refractivity contribution is -0.124. The maximum atomic E-state index is 12.3. The number of benzene rings is 1. The van der Waals surface area contributed by atoms with Gasteiger partial charge in [-0.3, -0.25) is 14.9 Å². The number of ether oxygens (including phenoxy) is 1. The summed E-state index contributed by atoms with van der Waals surface area (Å²) in [4.78, 5) is 27.7. The van der Waals surface area contributed by atoms with Crippen LogP contribution in [0.4, 0.5) is 8.78 Å². The molecular formula is C20H21ClF2N4O3. The minimum absolute atomic E-state index is 0.0672. The largest absolute Gasteiger partial charge is 0.417 e. The molecule has 0 bridgehead atoms. The SMILES string of the molecule is CCC(=O)NCc1ccc(Cl)c(C2NC(=O)CC(c3ccc(OC(F)F)nc3)N2)c1. The second-order valence-corrected chi connectivity index (χ2v) is 7.13. The first kappa shape index (κ1) is 21.9. The molecule has 2 atom stereocenters. The molecule has 1 aromatic heterocycles. The summed E-state index contributed by atoms with van der Waals surface area (Å²) in [5, 5.41) is 9.39. The molecule has 1 saturated heterocycles. The molecule has 3 N–H and O–H groups in total. The van der Waals surface area contributed by atoms with Crippen molar-refractivity contribution in [3.05, 3.63) is 58.2 Å². The summed E-state index contributed by atoms with van der Waals surface area (Å²) in [5.74, 6) is -0.463. The lowest BCUT2D eigenvalue weighted by Crippen LogP contribution is -2.46. The van der Waals surface area contributed by atoms with Gasteiger partial charge in [-0.25, -0.2) is 4.98 Å². The van der Waals surface area contributed by atoms with Crippen molar-refractivity contribution < 1.29 is 23.1 Å². The van der Waals surface area contributed by atoms with Gasteiger partial charge < -0.3 is 15.4 Å². The van der Waals surface area contributed by atoms with Crippen molar-refractivity contribution >= 4 is 23.4 Å². The molecule has 1 aromatic carbocycles. The van der Waals surface area contributed by atoms with E-state index < -0.39 is 18.8 Å². The highest BCUT2D eigenvalue weighted by atomic mass is 35.5. The highest BCUT2D eigenvalue weighted by molar-refractivity contribution is 6.31. The minimum atomic E-state index is -2.96. The lowest BCUT2D eigenvalue weighted by Gasteiger charge is -2.32.